The molecule has 4 atom stereocenters. The number of nitrogens with one attached hydrogen (secondary N) is 1. The molecular weight excluding hydrogens is 291 g/mol. The van der Waals surface area contributed by atoms with E-state index in [-0.39, 0.29) is 47.3 Å². The van der Waals surface area contributed by atoms with E-state index in [4.69, 9.17) is 0 Å². The number of carboxylic acid groups (broad SMARTS) is 1. The van der Waals surface area contributed by atoms with Crippen molar-refractivity contribution in [3.8, 4) is 0 Å². The maximum absolute atomic E-state index is 12.2. The Morgan fingerprint density at radius 2 is 1.91 bits per heavy atom. The Labute approximate surface area is 153 Å². The van der Waals surface area contributed by atoms with Crippen LogP contribution in [0.2, 0.25) is 0 Å². The molecule has 1 saturated carbocycles. The minimum Gasteiger partial charge on any atom is -0.550 e. The van der Waals surface area contributed by atoms with Crippen LogP contribution in [0, 0.1) is 30.6 Å². The Bertz CT molecular complexity index is 550. The summed E-state index contributed by atoms with van der Waals surface area (Å²) in [5.74, 6) is -2.38. The summed E-state index contributed by atoms with van der Waals surface area (Å²) in [5.41, 5.74) is 2.22. The fourth-order valence-electron chi connectivity index (χ4n) is 3.12. The number of hydrogen-bond donors (Lipinski definition) is 1. The van der Waals surface area contributed by atoms with E-state index in [1.807, 2.05) is 26.8 Å². The fraction of sp³-hybridized carbons (Fsp3) is 0.562. The molecule has 1 fully saturated rings. The van der Waals surface area contributed by atoms with Crippen LogP contribution in [0.15, 0.2) is 18.5 Å². The Balaban J connectivity index is 0.00000242. The molecule has 1 N–H and O–H groups in total. The molecule has 0 aromatic carbocycles. The summed E-state index contributed by atoms with van der Waals surface area (Å²) in [7, 11) is 0. The maximum atomic E-state index is 12.2. The van der Waals surface area contributed by atoms with Crippen molar-refractivity contribution in [3.05, 3.63) is 29.6 Å². The van der Waals surface area contributed by atoms with Crippen molar-refractivity contribution < 1.29 is 44.3 Å². The number of carbonyl (C=O) groups is 2. The minimum absolute atomic E-state index is 0. The molecule has 0 spiro atoms. The molecule has 22 heavy (non-hydrogen) atoms. The van der Waals surface area contributed by atoms with Crippen LogP contribution in [-0.2, 0) is 16.0 Å². The summed E-state index contributed by atoms with van der Waals surface area (Å²) in [6, 6.07) is 1.93. The van der Waals surface area contributed by atoms with Crippen LogP contribution in [-0.4, -0.2) is 23.4 Å². The second-order valence-corrected chi connectivity index (χ2v) is 5.93. The molecule has 0 saturated heterocycles. The molecule has 1 aromatic rings. The van der Waals surface area contributed by atoms with Gasteiger partial charge in [0.1, 0.15) is 0 Å². The zero-order chi connectivity index (χ0) is 15.6. The van der Waals surface area contributed by atoms with Crippen molar-refractivity contribution in [2.75, 3.05) is 6.54 Å². The van der Waals surface area contributed by atoms with Gasteiger partial charge < -0.3 is 15.2 Å². The molecule has 1 aromatic heterocycles. The number of aryl methyl sites for hydroxylation is 1. The Kier molecular flexibility index (Phi) is 7.03. The van der Waals surface area contributed by atoms with Gasteiger partial charge >= 0.3 is 29.6 Å². The number of pyridine rings is 1. The third kappa shape index (κ3) is 3.89. The van der Waals surface area contributed by atoms with Crippen LogP contribution in [0.3, 0.4) is 0 Å². The molecule has 2 rings (SSSR count). The average molecular weight is 312 g/mol. The van der Waals surface area contributed by atoms with Crippen molar-refractivity contribution in [3.63, 3.8) is 0 Å². The third-order valence-electron chi connectivity index (χ3n) is 4.77. The van der Waals surface area contributed by atoms with Crippen molar-refractivity contribution in [2.45, 2.75) is 27.2 Å². The van der Waals surface area contributed by atoms with Crippen LogP contribution < -0.4 is 40.0 Å². The largest absolute Gasteiger partial charge is 1.00 e. The standard InChI is InChI=1S/C16H22N2O3.Na/c1-9-4-6-17-8-12(9)5-7-18-15(19)13-10(2)11(3)14(13)16(20)21;/h4,6,8,10-11,13-14H,5,7H2,1-3H3,(H,18,19)(H,20,21);/q;+1/p-1/t10?,11?,13-,14+;/m0./s1. The van der Waals surface area contributed by atoms with Crippen molar-refractivity contribution in [2.24, 2.45) is 23.7 Å². The van der Waals surface area contributed by atoms with E-state index in [2.05, 4.69) is 10.3 Å². The van der Waals surface area contributed by atoms with Crippen LogP contribution >= 0.6 is 0 Å². The van der Waals surface area contributed by atoms with E-state index in [9.17, 15) is 14.7 Å². The molecule has 0 aliphatic heterocycles. The fourth-order valence-corrected chi connectivity index (χ4v) is 3.12. The quantitative estimate of drug-likeness (QED) is 0.601. The Morgan fingerprint density at radius 1 is 1.27 bits per heavy atom. The Morgan fingerprint density at radius 3 is 2.50 bits per heavy atom. The topological polar surface area (TPSA) is 82.1 Å². The Hall–Kier alpha value is -0.910. The predicted molar refractivity (Wildman–Crippen MR) is 76.0 cm³/mol. The summed E-state index contributed by atoms with van der Waals surface area (Å²) in [6.45, 7) is 6.26. The number of carbonyl (C=O) groups excluding carboxylic acids is 2. The molecule has 5 nitrogen and oxygen atoms in total. The SMILES string of the molecule is Cc1ccncc1CCNC(=O)[C@H]1C(C)C(C)[C@H]1C(=O)[O-].[Na+]. The number of aromatic nitrogens is 1. The summed E-state index contributed by atoms with van der Waals surface area (Å²) in [4.78, 5) is 27.3. The van der Waals surface area contributed by atoms with Crippen molar-refractivity contribution in [1.82, 2.24) is 10.3 Å². The first-order chi connectivity index (χ1) is 9.93. The molecule has 1 aliphatic rings. The number of nitrogens with zero attached hydrogens (tertiary/aromatic N) is 1. The monoisotopic (exact) mass is 312 g/mol. The molecule has 0 radical (unpaired) electrons. The van der Waals surface area contributed by atoms with Gasteiger partial charge in [-0.1, -0.05) is 13.8 Å². The van der Waals surface area contributed by atoms with Gasteiger partial charge in [0.05, 0.1) is 0 Å². The van der Waals surface area contributed by atoms with Gasteiger partial charge in [-0.05, 0) is 42.4 Å². The first-order valence-electron chi connectivity index (χ1n) is 7.31. The van der Waals surface area contributed by atoms with E-state index in [0.717, 1.165) is 11.1 Å². The van der Waals surface area contributed by atoms with E-state index < -0.39 is 17.8 Å². The number of aliphatic carboxylic acids is 1. The molecule has 114 valence electrons. The van der Waals surface area contributed by atoms with E-state index in [1.54, 1.807) is 12.4 Å². The summed E-state index contributed by atoms with van der Waals surface area (Å²) >= 11 is 0. The van der Waals surface area contributed by atoms with Crippen molar-refractivity contribution in [1.29, 1.82) is 0 Å². The van der Waals surface area contributed by atoms with Crippen LogP contribution in [0.25, 0.3) is 0 Å². The normalized spacial score (nSPS) is 26.5. The molecule has 1 heterocycles. The molecule has 1 amide bonds. The van der Waals surface area contributed by atoms with Gasteiger partial charge in [-0.25, -0.2) is 0 Å². The van der Waals surface area contributed by atoms with Gasteiger partial charge in [0.15, 0.2) is 0 Å². The number of carboxylic acids is 1. The maximum Gasteiger partial charge on any atom is 1.00 e. The molecular formula is C16H21N2NaO3. The van der Waals surface area contributed by atoms with Gasteiger partial charge in [0, 0.05) is 36.7 Å². The van der Waals surface area contributed by atoms with Gasteiger partial charge in [-0.15, -0.1) is 0 Å². The zero-order valence-electron chi connectivity index (χ0n) is 13.6. The zero-order valence-corrected chi connectivity index (χ0v) is 15.6. The van der Waals surface area contributed by atoms with E-state index in [0.29, 0.717) is 13.0 Å². The van der Waals surface area contributed by atoms with Crippen LogP contribution in [0.1, 0.15) is 25.0 Å². The van der Waals surface area contributed by atoms with E-state index in [1.165, 1.54) is 0 Å². The number of hydrogen-bond acceptors (Lipinski definition) is 4. The van der Waals surface area contributed by atoms with Gasteiger partial charge in [0.25, 0.3) is 0 Å². The molecule has 1 aliphatic carbocycles. The summed E-state index contributed by atoms with van der Waals surface area (Å²) < 4.78 is 0. The molecule has 2 unspecified atom stereocenters. The third-order valence-corrected chi connectivity index (χ3v) is 4.77. The molecule has 6 heteroatoms. The van der Waals surface area contributed by atoms with Crippen LogP contribution in [0.4, 0.5) is 0 Å². The number of rotatable bonds is 5. The first kappa shape index (κ1) is 19.1. The van der Waals surface area contributed by atoms with Gasteiger partial charge in [-0.3, -0.25) is 9.78 Å². The van der Waals surface area contributed by atoms with Crippen molar-refractivity contribution >= 4 is 11.9 Å². The van der Waals surface area contributed by atoms with Gasteiger partial charge in [-0.2, -0.15) is 0 Å². The first-order valence-corrected chi connectivity index (χ1v) is 7.31. The second-order valence-electron chi connectivity index (χ2n) is 5.93. The van der Waals surface area contributed by atoms with E-state index >= 15 is 0 Å². The van der Waals surface area contributed by atoms with Crippen LogP contribution in [0.5, 0.6) is 0 Å². The smallest absolute Gasteiger partial charge is 0.550 e. The molecule has 0 bridgehead atoms. The minimum atomic E-state index is -1.12. The number of amides is 1. The predicted octanol–water partition coefficient (Wildman–Crippen LogP) is -2.68. The second kappa shape index (κ2) is 8.09. The van der Waals surface area contributed by atoms with Gasteiger partial charge in [0.2, 0.25) is 5.91 Å². The average Bonchev–Trinajstić information content (AvgIpc) is 2.44. The summed E-state index contributed by atoms with van der Waals surface area (Å²) in [5, 5.41) is 13.9. The summed E-state index contributed by atoms with van der Waals surface area (Å²) in [6.07, 6.45) is 4.22.